The highest BCUT2D eigenvalue weighted by molar-refractivity contribution is 6.30. The van der Waals surface area contributed by atoms with Crippen LogP contribution >= 0.6 is 11.6 Å². The van der Waals surface area contributed by atoms with E-state index in [1.807, 2.05) is 19.1 Å². The maximum atomic E-state index is 12.4. The Hall–Kier alpha value is -2.67. The van der Waals surface area contributed by atoms with Crippen LogP contribution in [-0.2, 0) is 4.79 Å². The van der Waals surface area contributed by atoms with Crippen LogP contribution in [0.15, 0.2) is 30.3 Å². The summed E-state index contributed by atoms with van der Waals surface area (Å²) in [7, 11) is 0. The molecule has 0 saturated carbocycles. The number of carbonyl (C=O) groups is 2. The summed E-state index contributed by atoms with van der Waals surface area (Å²) >= 11 is 5.95. The molecule has 0 unspecified atom stereocenters. The summed E-state index contributed by atoms with van der Waals surface area (Å²) in [6, 6.07) is 8.88. The summed E-state index contributed by atoms with van der Waals surface area (Å²) in [5.41, 5.74) is 2.16. The van der Waals surface area contributed by atoms with Gasteiger partial charge in [-0.2, -0.15) is 0 Å². The van der Waals surface area contributed by atoms with Crippen molar-refractivity contribution in [1.82, 2.24) is 20.0 Å². The molecule has 3 rings (SSSR count). The lowest BCUT2D eigenvalue weighted by atomic mass is 10.2. The van der Waals surface area contributed by atoms with Crippen molar-refractivity contribution in [2.24, 2.45) is 0 Å². The van der Waals surface area contributed by atoms with Gasteiger partial charge in [0.2, 0.25) is 6.41 Å². The van der Waals surface area contributed by atoms with Crippen molar-refractivity contribution in [3.8, 4) is 0 Å². The maximum absolute atomic E-state index is 12.4. The van der Waals surface area contributed by atoms with E-state index < -0.39 is 0 Å². The third-order valence-electron chi connectivity index (χ3n) is 4.09. The number of hydrogen-bond acceptors (Lipinski definition) is 5. The number of rotatable bonds is 4. The van der Waals surface area contributed by atoms with E-state index in [-0.39, 0.29) is 11.6 Å². The van der Waals surface area contributed by atoms with Crippen LogP contribution in [0.5, 0.6) is 0 Å². The van der Waals surface area contributed by atoms with E-state index in [0.717, 1.165) is 17.7 Å². The molecule has 1 aromatic carbocycles. The second kappa shape index (κ2) is 7.48. The highest BCUT2D eigenvalue weighted by Gasteiger charge is 2.22. The zero-order chi connectivity index (χ0) is 17.8. The van der Waals surface area contributed by atoms with Crippen molar-refractivity contribution in [2.75, 3.05) is 31.5 Å². The minimum Gasteiger partial charge on any atom is -0.342 e. The first-order valence-corrected chi connectivity index (χ1v) is 8.30. The smallest absolute Gasteiger partial charge is 0.274 e. The Bertz CT molecular complexity index is 773. The van der Waals surface area contributed by atoms with Crippen molar-refractivity contribution in [3.05, 3.63) is 46.6 Å². The molecule has 1 fully saturated rings. The number of anilines is 2. The molecule has 0 aliphatic carbocycles. The van der Waals surface area contributed by atoms with Crippen molar-refractivity contribution in [3.63, 3.8) is 0 Å². The third-order valence-corrected chi connectivity index (χ3v) is 4.32. The average molecular weight is 360 g/mol. The van der Waals surface area contributed by atoms with E-state index >= 15 is 0 Å². The molecule has 0 radical (unpaired) electrons. The van der Waals surface area contributed by atoms with E-state index in [9.17, 15) is 9.59 Å². The number of aromatic nitrogens is 2. The van der Waals surface area contributed by atoms with Gasteiger partial charge in [0, 0.05) is 36.9 Å². The van der Waals surface area contributed by atoms with Crippen LogP contribution in [0.3, 0.4) is 0 Å². The number of halogens is 1. The van der Waals surface area contributed by atoms with Crippen LogP contribution in [0.1, 0.15) is 16.1 Å². The number of benzene rings is 1. The normalized spacial score (nSPS) is 14.3. The molecule has 25 heavy (non-hydrogen) atoms. The van der Waals surface area contributed by atoms with E-state index in [1.165, 1.54) is 0 Å². The number of carbonyl (C=O) groups excluding carboxylic acids is 2. The van der Waals surface area contributed by atoms with Crippen LogP contribution in [-0.4, -0.2) is 58.5 Å². The average Bonchev–Trinajstić information content (AvgIpc) is 2.64. The van der Waals surface area contributed by atoms with Crippen LogP contribution in [0.4, 0.5) is 11.5 Å². The Balaban J connectivity index is 1.65. The van der Waals surface area contributed by atoms with Gasteiger partial charge in [0.25, 0.3) is 5.91 Å². The van der Waals surface area contributed by atoms with Crippen LogP contribution in [0.25, 0.3) is 0 Å². The first-order chi connectivity index (χ1) is 12.1. The molecule has 2 aromatic rings. The van der Waals surface area contributed by atoms with Gasteiger partial charge in [-0.15, -0.1) is 10.2 Å². The first kappa shape index (κ1) is 17.2. The SMILES string of the molecule is Cc1cc(Cl)ccc1Nc1ccc(C(=O)N2CCN(C=O)CC2)nn1. The second-order valence-corrected chi connectivity index (χ2v) is 6.26. The quantitative estimate of drug-likeness (QED) is 0.846. The molecule has 1 N–H and O–H groups in total. The number of nitrogens with zero attached hydrogens (tertiary/aromatic N) is 4. The molecule has 1 aliphatic heterocycles. The molecule has 8 heteroatoms. The minimum absolute atomic E-state index is 0.174. The Morgan fingerprint density at radius 1 is 1.16 bits per heavy atom. The molecule has 130 valence electrons. The number of aryl methyl sites for hydroxylation is 1. The van der Waals surface area contributed by atoms with E-state index in [2.05, 4.69) is 15.5 Å². The summed E-state index contributed by atoms with van der Waals surface area (Å²) in [4.78, 5) is 26.5. The van der Waals surface area contributed by atoms with Crippen LogP contribution in [0.2, 0.25) is 5.02 Å². The summed E-state index contributed by atoms with van der Waals surface area (Å²) < 4.78 is 0. The summed E-state index contributed by atoms with van der Waals surface area (Å²) in [5.74, 6) is 0.375. The topological polar surface area (TPSA) is 78.4 Å². The number of nitrogens with one attached hydrogen (secondary N) is 1. The summed E-state index contributed by atoms with van der Waals surface area (Å²) in [6.45, 7) is 4.03. The van der Waals surface area contributed by atoms with E-state index in [1.54, 1.807) is 28.0 Å². The second-order valence-electron chi connectivity index (χ2n) is 5.82. The lowest BCUT2D eigenvalue weighted by Gasteiger charge is -2.32. The van der Waals surface area contributed by atoms with Gasteiger partial charge >= 0.3 is 0 Å². The highest BCUT2D eigenvalue weighted by atomic mass is 35.5. The predicted octanol–water partition coefficient (Wildman–Crippen LogP) is 2.10. The Labute approximate surface area is 150 Å². The Morgan fingerprint density at radius 3 is 2.52 bits per heavy atom. The molecule has 7 nitrogen and oxygen atoms in total. The monoisotopic (exact) mass is 359 g/mol. The third kappa shape index (κ3) is 4.06. The molecule has 2 heterocycles. The zero-order valence-corrected chi connectivity index (χ0v) is 14.5. The number of hydrogen-bond donors (Lipinski definition) is 1. The first-order valence-electron chi connectivity index (χ1n) is 7.92. The molecule has 1 aromatic heterocycles. The molecule has 0 bridgehead atoms. The molecule has 1 saturated heterocycles. The molecule has 1 aliphatic rings. The fourth-order valence-corrected chi connectivity index (χ4v) is 2.84. The van der Waals surface area contributed by atoms with Gasteiger partial charge < -0.3 is 15.1 Å². The highest BCUT2D eigenvalue weighted by Crippen LogP contribution is 2.22. The van der Waals surface area contributed by atoms with E-state index in [4.69, 9.17) is 11.6 Å². The van der Waals surface area contributed by atoms with Gasteiger partial charge in [0.05, 0.1) is 0 Å². The minimum atomic E-state index is -0.174. The number of piperazine rings is 1. The molecular formula is C17H18ClN5O2. The molecule has 0 spiro atoms. The van der Waals surface area contributed by atoms with Crippen LogP contribution < -0.4 is 5.32 Å². The lowest BCUT2D eigenvalue weighted by Crippen LogP contribution is -2.48. The molecular weight excluding hydrogens is 342 g/mol. The van der Waals surface area contributed by atoms with Gasteiger partial charge in [-0.1, -0.05) is 11.6 Å². The fraction of sp³-hybridized carbons (Fsp3) is 0.294. The van der Waals surface area contributed by atoms with Gasteiger partial charge in [-0.05, 0) is 42.8 Å². The van der Waals surface area contributed by atoms with Crippen molar-refractivity contribution >= 4 is 35.4 Å². The standard InChI is InChI=1S/C17H18ClN5O2/c1-12-10-13(18)2-3-14(12)19-16-5-4-15(20-21-16)17(25)23-8-6-22(11-24)7-9-23/h2-5,10-11H,6-9H2,1H3,(H,19,21). The summed E-state index contributed by atoms with van der Waals surface area (Å²) in [6.07, 6.45) is 0.806. The van der Waals surface area contributed by atoms with Gasteiger partial charge in [-0.3, -0.25) is 9.59 Å². The van der Waals surface area contributed by atoms with Crippen molar-refractivity contribution in [1.29, 1.82) is 0 Å². The molecule has 2 amide bonds. The largest absolute Gasteiger partial charge is 0.342 e. The lowest BCUT2D eigenvalue weighted by molar-refractivity contribution is -0.119. The van der Waals surface area contributed by atoms with Crippen molar-refractivity contribution < 1.29 is 9.59 Å². The maximum Gasteiger partial charge on any atom is 0.274 e. The zero-order valence-electron chi connectivity index (χ0n) is 13.8. The van der Waals surface area contributed by atoms with Crippen molar-refractivity contribution in [2.45, 2.75) is 6.92 Å². The Morgan fingerprint density at radius 2 is 1.92 bits per heavy atom. The molecule has 0 atom stereocenters. The van der Waals surface area contributed by atoms with Gasteiger partial charge in [0.1, 0.15) is 0 Å². The fourth-order valence-electron chi connectivity index (χ4n) is 2.61. The van der Waals surface area contributed by atoms with Gasteiger partial charge in [-0.25, -0.2) is 0 Å². The Kier molecular flexibility index (Phi) is 5.14. The van der Waals surface area contributed by atoms with E-state index in [0.29, 0.717) is 37.0 Å². The number of amides is 2. The van der Waals surface area contributed by atoms with Gasteiger partial charge in [0.15, 0.2) is 11.5 Å². The summed E-state index contributed by atoms with van der Waals surface area (Å²) in [5, 5.41) is 11.9. The van der Waals surface area contributed by atoms with Crippen LogP contribution in [0, 0.1) is 6.92 Å². The predicted molar refractivity (Wildman–Crippen MR) is 95.0 cm³/mol.